The summed E-state index contributed by atoms with van der Waals surface area (Å²) < 4.78 is 52.0. The van der Waals surface area contributed by atoms with E-state index in [-0.39, 0.29) is 17.0 Å². The van der Waals surface area contributed by atoms with Gasteiger partial charge in [0.25, 0.3) is 22.5 Å². The summed E-state index contributed by atoms with van der Waals surface area (Å²) in [5.41, 5.74) is 3.07. The summed E-state index contributed by atoms with van der Waals surface area (Å²) in [6.07, 6.45) is 0. The fourth-order valence-electron chi connectivity index (χ4n) is 3.72. The lowest BCUT2D eigenvalue weighted by atomic mass is 10.1. The van der Waals surface area contributed by atoms with Crippen LogP contribution in [0.1, 0.15) is 21.5 Å². The molecule has 4 rings (SSSR count). The maximum Gasteiger partial charge on any atom is 0.337 e. The van der Waals surface area contributed by atoms with Crippen LogP contribution < -0.4 is 13.3 Å². The van der Waals surface area contributed by atoms with Crippen molar-refractivity contribution in [2.24, 2.45) is 0 Å². The molecule has 38 heavy (non-hydrogen) atoms. The van der Waals surface area contributed by atoms with Crippen LogP contribution in [0.5, 0.6) is 11.5 Å². The predicted octanol–water partition coefficient (Wildman–Crippen LogP) is 6.34. The zero-order valence-electron chi connectivity index (χ0n) is 20.3. The molecule has 0 saturated heterocycles. The topological polar surface area (TPSA) is 128 Å². The number of benzene rings is 4. The first kappa shape index (κ1) is 27.0. The van der Waals surface area contributed by atoms with Gasteiger partial charge in [0.2, 0.25) is 0 Å². The quantitative estimate of drug-likeness (QED) is 0.207. The van der Waals surface area contributed by atoms with E-state index in [4.69, 9.17) is 4.74 Å². The lowest BCUT2D eigenvalue weighted by Gasteiger charge is -2.22. The lowest BCUT2D eigenvalue weighted by Crippen LogP contribution is -2.21. The molecule has 9 nitrogen and oxygen atoms in total. The van der Waals surface area contributed by atoms with Crippen LogP contribution in [0.3, 0.4) is 0 Å². The third kappa shape index (κ3) is 6.09. The first-order valence-corrected chi connectivity index (χ1v) is 13.4. The molecule has 0 spiro atoms. The van der Waals surface area contributed by atoms with Gasteiger partial charge in [-0.25, -0.2) is 21.8 Å². The Hall–Kier alpha value is -4.03. The summed E-state index contributed by atoms with van der Waals surface area (Å²) >= 11 is -4.85. The zero-order chi connectivity index (χ0) is 27.4. The molecule has 2 unspecified atom stereocenters. The Morgan fingerprint density at radius 2 is 1.08 bits per heavy atom. The molecule has 2 atom stereocenters. The first-order valence-electron chi connectivity index (χ1n) is 11.2. The molecule has 0 amide bonds. The van der Waals surface area contributed by atoms with Crippen molar-refractivity contribution < 1.29 is 32.2 Å². The number of nitrogens with zero attached hydrogens (tertiary/aromatic N) is 2. The molecule has 0 fully saturated rings. The highest BCUT2D eigenvalue weighted by Gasteiger charge is 2.23. The molecule has 196 valence electrons. The van der Waals surface area contributed by atoms with Crippen LogP contribution >= 0.6 is 0 Å². The summed E-state index contributed by atoms with van der Waals surface area (Å²) in [5.74, 6) is -0.762. The largest absolute Gasteiger partial charge is 0.478 e. The minimum Gasteiger partial charge on any atom is -0.478 e. The number of rotatable bonds is 9. The van der Waals surface area contributed by atoms with Crippen LogP contribution in [0.25, 0.3) is 0 Å². The second kappa shape index (κ2) is 11.6. The predicted molar refractivity (Wildman–Crippen MR) is 148 cm³/mol. The number of aromatic carboxylic acids is 1. The molecule has 0 aromatic heterocycles. The first-order chi connectivity index (χ1) is 18.1. The van der Waals surface area contributed by atoms with Crippen molar-refractivity contribution in [3.8, 4) is 11.5 Å². The molecule has 0 saturated carbocycles. The maximum absolute atomic E-state index is 12.2. The average Bonchev–Trinajstić information content (AvgIpc) is 2.88. The summed E-state index contributed by atoms with van der Waals surface area (Å²) in [6.45, 7) is 3.79. The number of anilines is 4. The van der Waals surface area contributed by atoms with Crippen molar-refractivity contribution in [1.82, 2.24) is 0 Å². The number of hydrogen-bond acceptors (Lipinski definition) is 4. The van der Waals surface area contributed by atoms with E-state index in [1.807, 2.05) is 26.0 Å². The van der Waals surface area contributed by atoms with Gasteiger partial charge in [0, 0.05) is 0 Å². The molecule has 3 N–H and O–H groups in total. The smallest absolute Gasteiger partial charge is 0.337 e. The minimum atomic E-state index is -2.53. The Labute approximate surface area is 224 Å². The van der Waals surface area contributed by atoms with Crippen molar-refractivity contribution in [1.29, 1.82) is 0 Å². The summed E-state index contributed by atoms with van der Waals surface area (Å²) in [6, 6.07) is 24.4. The average molecular weight is 553 g/mol. The van der Waals surface area contributed by atoms with E-state index < -0.39 is 28.5 Å². The Morgan fingerprint density at radius 1 is 0.658 bits per heavy atom. The minimum absolute atomic E-state index is 0.0176. The molecule has 4 aromatic rings. The summed E-state index contributed by atoms with van der Waals surface area (Å²) in [5, 5.41) is 9.83. The molecule has 0 heterocycles. The Kier molecular flexibility index (Phi) is 8.23. The highest BCUT2D eigenvalue weighted by molar-refractivity contribution is 7.81. The van der Waals surface area contributed by atoms with Crippen molar-refractivity contribution in [2.45, 2.75) is 13.8 Å². The van der Waals surface area contributed by atoms with E-state index in [0.717, 1.165) is 15.4 Å². The SMILES string of the molecule is Cc1ccc(N(c2ccc(Oc3ccc(N(c4ccc(C)cc4)S(=O)O)c(C(=O)O)c3)cc2)S(=O)O)cc1. The van der Waals surface area contributed by atoms with Crippen LogP contribution in [-0.2, 0) is 22.5 Å². The zero-order valence-corrected chi connectivity index (χ0v) is 22.0. The van der Waals surface area contributed by atoms with Gasteiger partial charge >= 0.3 is 5.97 Å². The van der Waals surface area contributed by atoms with Gasteiger partial charge in [0.1, 0.15) is 11.5 Å². The van der Waals surface area contributed by atoms with Crippen LogP contribution in [0, 0.1) is 13.8 Å². The number of carbonyl (C=O) groups is 1. The summed E-state index contributed by atoms with van der Waals surface area (Å²) in [7, 11) is 0. The van der Waals surface area contributed by atoms with Gasteiger partial charge in [0.05, 0.1) is 28.3 Å². The number of carboxylic acids is 1. The molecule has 11 heteroatoms. The van der Waals surface area contributed by atoms with Gasteiger partial charge < -0.3 is 9.84 Å². The highest BCUT2D eigenvalue weighted by atomic mass is 32.2. The van der Waals surface area contributed by atoms with Gasteiger partial charge in [-0.3, -0.25) is 9.11 Å². The van der Waals surface area contributed by atoms with E-state index in [9.17, 15) is 27.4 Å². The van der Waals surface area contributed by atoms with Gasteiger partial charge in [-0.1, -0.05) is 35.4 Å². The molecule has 0 aliphatic rings. The maximum atomic E-state index is 12.2. The fourth-order valence-corrected chi connectivity index (χ4v) is 4.95. The number of aryl methyl sites for hydroxylation is 2. The number of carboxylic acid groups (broad SMARTS) is 1. The third-order valence-electron chi connectivity index (χ3n) is 5.57. The molecule has 0 bridgehead atoms. The van der Waals surface area contributed by atoms with E-state index >= 15 is 0 Å². The van der Waals surface area contributed by atoms with E-state index in [0.29, 0.717) is 22.8 Å². The molecule has 4 aromatic carbocycles. The van der Waals surface area contributed by atoms with Crippen molar-refractivity contribution in [3.63, 3.8) is 0 Å². The van der Waals surface area contributed by atoms with Gasteiger partial charge in [-0.05, 0) is 80.6 Å². The van der Waals surface area contributed by atoms with Crippen molar-refractivity contribution >= 4 is 51.3 Å². The normalized spacial score (nSPS) is 12.4. The summed E-state index contributed by atoms with van der Waals surface area (Å²) in [4.78, 5) is 12.1. The lowest BCUT2D eigenvalue weighted by molar-refractivity contribution is 0.0697. The van der Waals surface area contributed by atoms with Crippen molar-refractivity contribution in [2.75, 3.05) is 8.61 Å². The van der Waals surface area contributed by atoms with E-state index in [2.05, 4.69) is 0 Å². The van der Waals surface area contributed by atoms with E-state index in [1.54, 1.807) is 60.7 Å². The molecule has 0 aliphatic carbocycles. The van der Waals surface area contributed by atoms with Gasteiger partial charge in [-0.2, -0.15) is 0 Å². The second-order valence-corrected chi connectivity index (χ2v) is 9.95. The third-order valence-corrected chi connectivity index (χ3v) is 7.03. The highest BCUT2D eigenvalue weighted by Crippen LogP contribution is 2.35. The molecular weight excluding hydrogens is 528 g/mol. The Morgan fingerprint density at radius 3 is 1.53 bits per heavy atom. The van der Waals surface area contributed by atoms with Crippen LogP contribution in [-0.4, -0.2) is 28.6 Å². The molecular formula is C27H24N2O7S2. The van der Waals surface area contributed by atoms with Crippen LogP contribution in [0.4, 0.5) is 22.7 Å². The van der Waals surface area contributed by atoms with Crippen molar-refractivity contribution in [3.05, 3.63) is 108 Å². The van der Waals surface area contributed by atoms with Crippen LogP contribution in [0.2, 0.25) is 0 Å². The fraction of sp³-hybridized carbons (Fsp3) is 0.0741. The van der Waals surface area contributed by atoms with Gasteiger partial charge in [-0.15, -0.1) is 0 Å². The Balaban J connectivity index is 1.62. The van der Waals surface area contributed by atoms with Crippen LogP contribution in [0.15, 0.2) is 91.0 Å². The number of hydrogen-bond donors (Lipinski definition) is 3. The standard InChI is InChI=1S/C27H24N2O7S2/c1-18-3-7-20(8-4-18)28(37(32)33)21-11-13-23(14-12-21)36-24-15-16-26(25(17-24)27(30)31)29(38(34)35)22-9-5-19(2)6-10-22/h3-17H,1-2H3,(H,30,31)(H,32,33)(H,34,35). The van der Waals surface area contributed by atoms with Gasteiger partial charge in [0.15, 0.2) is 0 Å². The molecule has 0 aliphatic heterocycles. The van der Waals surface area contributed by atoms with E-state index in [1.165, 1.54) is 22.5 Å². The monoisotopic (exact) mass is 552 g/mol. The Bertz CT molecular complexity index is 1490. The second-order valence-electron chi connectivity index (χ2n) is 8.30. The molecule has 0 radical (unpaired) electrons. The number of ether oxygens (including phenoxy) is 1.